The van der Waals surface area contributed by atoms with Crippen LogP contribution in [0.5, 0.6) is 6.01 Å². The number of carbonyl (C=O) groups excluding carboxylic acids is 1. The van der Waals surface area contributed by atoms with Gasteiger partial charge in [-0.2, -0.15) is 15.2 Å². The average molecular weight is 460 g/mol. The summed E-state index contributed by atoms with van der Waals surface area (Å²) in [5, 5.41) is 12.8. The van der Waals surface area contributed by atoms with Gasteiger partial charge in [0.15, 0.2) is 0 Å². The van der Waals surface area contributed by atoms with Crippen molar-refractivity contribution in [3.8, 4) is 12.1 Å². The van der Waals surface area contributed by atoms with E-state index in [9.17, 15) is 10.1 Å². The fraction of sp³-hybridized carbons (Fsp3) is 0.739. The number of hydrogen-bond donors (Lipinski definition) is 1. The van der Waals surface area contributed by atoms with Crippen molar-refractivity contribution in [2.45, 2.75) is 64.8 Å². The van der Waals surface area contributed by atoms with Gasteiger partial charge < -0.3 is 29.5 Å². The molecule has 1 aromatic rings. The third kappa shape index (κ3) is 6.68. The van der Waals surface area contributed by atoms with Crippen molar-refractivity contribution in [3.05, 3.63) is 11.3 Å². The summed E-state index contributed by atoms with van der Waals surface area (Å²) >= 11 is 0. The first kappa shape index (κ1) is 25.0. The Balaban J connectivity index is 1.85. The predicted molar refractivity (Wildman–Crippen MR) is 125 cm³/mol. The van der Waals surface area contributed by atoms with Crippen LogP contribution in [0.4, 0.5) is 10.6 Å². The van der Waals surface area contributed by atoms with Crippen molar-refractivity contribution < 1.29 is 14.3 Å². The maximum Gasteiger partial charge on any atom is 0.410 e. The molecule has 0 aliphatic carbocycles. The van der Waals surface area contributed by atoms with Gasteiger partial charge in [0.2, 0.25) is 0 Å². The molecule has 1 saturated heterocycles. The van der Waals surface area contributed by atoms with E-state index >= 15 is 0 Å². The molecule has 1 amide bonds. The second-order valence-electron chi connectivity index (χ2n) is 10.0. The average Bonchev–Trinajstić information content (AvgIpc) is 2.71. The molecule has 0 radical (unpaired) electrons. The minimum Gasteiger partial charge on any atom is -0.459 e. The van der Waals surface area contributed by atoms with Gasteiger partial charge in [0, 0.05) is 38.3 Å². The number of piperazine rings is 1. The van der Waals surface area contributed by atoms with E-state index in [1.165, 1.54) is 0 Å². The van der Waals surface area contributed by atoms with Gasteiger partial charge in [-0.3, -0.25) is 0 Å². The quantitative estimate of drug-likeness (QED) is 0.681. The Bertz CT molecular complexity index is 878. The highest BCUT2D eigenvalue weighted by Crippen LogP contribution is 2.29. The lowest BCUT2D eigenvalue weighted by Gasteiger charge is -2.42. The number of rotatable bonds is 6. The van der Waals surface area contributed by atoms with Crippen molar-refractivity contribution in [2.24, 2.45) is 0 Å². The van der Waals surface area contributed by atoms with Gasteiger partial charge in [-0.25, -0.2) is 4.79 Å². The Hall–Kier alpha value is -2.64. The van der Waals surface area contributed by atoms with Gasteiger partial charge in [-0.15, -0.1) is 0 Å². The van der Waals surface area contributed by atoms with Crippen LogP contribution in [0.25, 0.3) is 0 Å². The topological polar surface area (TPSA) is 107 Å². The van der Waals surface area contributed by atoms with E-state index < -0.39 is 5.60 Å². The van der Waals surface area contributed by atoms with E-state index in [-0.39, 0.29) is 24.7 Å². The molecule has 3 rings (SSSR count). The molecule has 1 aromatic heterocycles. The van der Waals surface area contributed by atoms with Crippen molar-refractivity contribution in [1.29, 1.82) is 5.26 Å². The number of nitrogens with zero attached hydrogens (tertiary/aromatic N) is 6. The molecular weight excluding hydrogens is 422 g/mol. The molecule has 1 fully saturated rings. The summed E-state index contributed by atoms with van der Waals surface area (Å²) in [6.07, 6.45) is 0.622. The van der Waals surface area contributed by atoms with Crippen LogP contribution in [0.1, 0.15) is 45.4 Å². The molecule has 0 bridgehead atoms. The summed E-state index contributed by atoms with van der Waals surface area (Å²) in [5.74, 6) is 0.848. The smallest absolute Gasteiger partial charge is 0.410 e. The maximum atomic E-state index is 12.8. The number of carbonyl (C=O) groups is 1. The van der Waals surface area contributed by atoms with E-state index in [4.69, 9.17) is 14.5 Å². The van der Waals surface area contributed by atoms with Crippen LogP contribution in [0, 0.1) is 11.3 Å². The fourth-order valence-corrected chi connectivity index (χ4v) is 4.25. The normalized spacial score (nSPS) is 19.6. The minimum atomic E-state index is -0.584. The third-order valence-electron chi connectivity index (χ3n) is 5.56. The Kier molecular flexibility index (Phi) is 7.97. The summed E-state index contributed by atoms with van der Waals surface area (Å²) in [6.45, 7) is 11.4. The lowest BCUT2D eigenvalue weighted by atomic mass is 10.0. The molecule has 2 aliphatic rings. The highest BCUT2D eigenvalue weighted by atomic mass is 16.6. The Morgan fingerprint density at radius 3 is 2.76 bits per heavy atom. The molecule has 0 saturated carbocycles. The van der Waals surface area contributed by atoms with Crippen LogP contribution >= 0.6 is 0 Å². The second kappa shape index (κ2) is 10.5. The van der Waals surface area contributed by atoms with E-state index in [0.717, 1.165) is 36.6 Å². The van der Waals surface area contributed by atoms with Gasteiger partial charge in [-0.1, -0.05) is 0 Å². The van der Waals surface area contributed by atoms with Gasteiger partial charge in [0.1, 0.15) is 17.5 Å². The molecule has 2 atom stereocenters. The molecule has 3 heterocycles. The van der Waals surface area contributed by atoms with Crippen LogP contribution in [-0.4, -0.2) is 90.4 Å². The van der Waals surface area contributed by atoms with Gasteiger partial charge in [0.25, 0.3) is 0 Å². The molecular formula is C23H37N7O3. The van der Waals surface area contributed by atoms with Crippen LogP contribution in [-0.2, 0) is 17.7 Å². The number of likely N-dealkylation sites (N-methyl/N-ethyl adjacent to an activating group) is 1. The molecule has 0 aromatic carbocycles. The van der Waals surface area contributed by atoms with E-state index in [0.29, 0.717) is 32.2 Å². The lowest BCUT2D eigenvalue weighted by Crippen LogP contribution is -2.56. The summed E-state index contributed by atoms with van der Waals surface area (Å²) in [7, 11) is 4.00. The highest BCUT2D eigenvalue weighted by Gasteiger charge is 2.35. The number of aromatic nitrogens is 2. The van der Waals surface area contributed by atoms with Crippen LogP contribution < -0.4 is 15.0 Å². The summed E-state index contributed by atoms with van der Waals surface area (Å²) in [4.78, 5) is 28.1. The molecule has 10 nitrogen and oxygen atoms in total. The first-order valence-corrected chi connectivity index (χ1v) is 11.6. The predicted octanol–water partition coefficient (Wildman–Crippen LogP) is 1.79. The molecule has 10 heteroatoms. The largest absolute Gasteiger partial charge is 0.459 e. The second-order valence-corrected chi connectivity index (χ2v) is 10.0. The molecule has 0 spiro atoms. The monoisotopic (exact) mass is 459 g/mol. The first-order valence-electron chi connectivity index (χ1n) is 11.6. The molecule has 182 valence electrons. The standard InChI is InChI=1S/C23H37N7O3/c1-16(14-28(5)6)32-21-26-19-13-25-10-8-18(19)20(27-21)29-11-12-30(17(15-29)7-9-24)22(31)33-23(2,3)4/h16-17,25H,7-8,10-15H2,1-6H3. The van der Waals surface area contributed by atoms with E-state index in [2.05, 4.69) is 26.2 Å². The number of ether oxygens (including phenoxy) is 2. The van der Waals surface area contributed by atoms with Gasteiger partial charge in [-0.05, 0) is 54.8 Å². The number of hydrogen-bond acceptors (Lipinski definition) is 9. The van der Waals surface area contributed by atoms with Crippen molar-refractivity contribution in [1.82, 2.24) is 25.1 Å². The zero-order valence-corrected chi connectivity index (χ0v) is 20.7. The van der Waals surface area contributed by atoms with Crippen LogP contribution in [0.3, 0.4) is 0 Å². The number of amides is 1. The number of nitriles is 1. The van der Waals surface area contributed by atoms with Crippen molar-refractivity contribution in [2.75, 3.05) is 51.7 Å². The molecule has 33 heavy (non-hydrogen) atoms. The van der Waals surface area contributed by atoms with Crippen LogP contribution in [0.2, 0.25) is 0 Å². The third-order valence-corrected chi connectivity index (χ3v) is 5.56. The van der Waals surface area contributed by atoms with E-state index in [1.54, 1.807) is 4.90 Å². The Morgan fingerprint density at radius 2 is 2.09 bits per heavy atom. The number of nitrogens with one attached hydrogen (secondary N) is 1. The zero-order valence-electron chi connectivity index (χ0n) is 20.7. The minimum absolute atomic E-state index is 0.0576. The van der Waals surface area contributed by atoms with Gasteiger partial charge in [0.05, 0.1) is 24.2 Å². The zero-order chi connectivity index (χ0) is 24.2. The number of fused-ring (bicyclic) bond motifs is 1. The van der Waals surface area contributed by atoms with Crippen molar-refractivity contribution in [3.63, 3.8) is 0 Å². The van der Waals surface area contributed by atoms with Gasteiger partial charge >= 0.3 is 12.1 Å². The fourth-order valence-electron chi connectivity index (χ4n) is 4.25. The lowest BCUT2D eigenvalue weighted by molar-refractivity contribution is 0.0144. The van der Waals surface area contributed by atoms with Crippen molar-refractivity contribution >= 4 is 11.9 Å². The summed E-state index contributed by atoms with van der Waals surface area (Å²) in [6, 6.07) is 2.32. The maximum absolute atomic E-state index is 12.8. The molecule has 2 aliphatic heterocycles. The summed E-state index contributed by atoms with van der Waals surface area (Å²) in [5.41, 5.74) is 1.48. The Labute approximate surface area is 196 Å². The van der Waals surface area contributed by atoms with Crippen LogP contribution in [0.15, 0.2) is 0 Å². The molecule has 2 unspecified atom stereocenters. The molecule has 1 N–H and O–H groups in total. The SMILES string of the molecule is CC(CN(C)C)Oc1nc2c(c(N3CCN(C(=O)OC(C)(C)C)C(CC#N)C3)n1)CCNC2. The first-order chi connectivity index (χ1) is 15.6. The van der Waals surface area contributed by atoms with E-state index in [1.807, 2.05) is 41.8 Å². The highest BCUT2D eigenvalue weighted by molar-refractivity contribution is 5.69. The Morgan fingerprint density at radius 1 is 1.33 bits per heavy atom. The number of anilines is 1. The summed E-state index contributed by atoms with van der Waals surface area (Å²) < 4.78 is 11.6.